The van der Waals surface area contributed by atoms with Gasteiger partial charge in [-0.2, -0.15) is 0 Å². The summed E-state index contributed by atoms with van der Waals surface area (Å²) in [7, 11) is 0. The molecule has 1 fully saturated rings. The van der Waals surface area contributed by atoms with E-state index < -0.39 is 11.0 Å². The van der Waals surface area contributed by atoms with E-state index in [0.29, 0.717) is 18.3 Å². The van der Waals surface area contributed by atoms with Crippen molar-refractivity contribution < 1.29 is 14.8 Å². The molecule has 0 radical (unpaired) electrons. The Morgan fingerprint density at radius 2 is 2.20 bits per heavy atom. The molecule has 1 N–H and O–H groups in total. The Morgan fingerprint density at radius 3 is 2.88 bits per heavy atom. The first kappa shape index (κ1) is 17.4. The van der Waals surface area contributed by atoms with Crippen LogP contribution in [-0.2, 0) is 0 Å². The van der Waals surface area contributed by atoms with Gasteiger partial charge in [-0.05, 0) is 18.9 Å². The van der Waals surface area contributed by atoms with Gasteiger partial charge >= 0.3 is 0 Å². The minimum atomic E-state index is -0.635. The lowest BCUT2D eigenvalue weighted by atomic mass is 10.0. The number of aliphatic hydroxyl groups is 1. The Morgan fingerprint density at radius 1 is 1.40 bits per heavy atom. The molecule has 1 atom stereocenters. The Bertz CT molecular complexity index is 684. The van der Waals surface area contributed by atoms with Crippen LogP contribution in [0.4, 0.5) is 5.69 Å². The van der Waals surface area contributed by atoms with Crippen LogP contribution in [0.3, 0.4) is 0 Å². The van der Waals surface area contributed by atoms with Crippen molar-refractivity contribution in [2.75, 3.05) is 26.2 Å². The molecule has 1 aromatic carbocycles. The highest BCUT2D eigenvalue weighted by atomic mass is 16.6. The predicted octanol–water partition coefficient (Wildman–Crippen LogP) is 1.87. The van der Waals surface area contributed by atoms with Crippen LogP contribution in [0.15, 0.2) is 43.0 Å². The molecule has 1 unspecified atom stereocenters. The molecule has 134 valence electrons. The fraction of sp³-hybridized carbons (Fsp3) is 0.471. The monoisotopic (exact) mass is 346 g/mol. The van der Waals surface area contributed by atoms with Gasteiger partial charge in [0, 0.05) is 44.1 Å². The summed E-state index contributed by atoms with van der Waals surface area (Å²) in [6.45, 7) is 2.47. The summed E-state index contributed by atoms with van der Waals surface area (Å²) >= 11 is 0. The summed E-state index contributed by atoms with van der Waals surface area (Å²) < 4.78 is 7.62. The third kappa shape index (κ3) is 4.77. The predicted molar refractivity (Wildman–Crippen MR) is 91.5 cm³/mol. The van der Waals surface area contributed by atoms with Crippen molar-refractivity contribution >= 4 is 5.69 Å². The van der Waals surface area contributed by atoms with Gasteiger partial charge in [0.05, 0.1) is 17.3 Å². The van der Waals surface area contributed by atoms with Gasteiger partial charge in [-0.3, -0.25) is 10.1 Å². The van der Waals surface area contributed by atoms with E-state index in [1.54, 1.807) is 18.3 Å². The van der Waals surface area contributed by atoms with Crippen molar-refractivity contribution in [1.82, 2.24) is 14.5 Å². The molecule has 0 spiro atoms. The molecule has 0 bridgehead atoms. The number of nitro benzene ring substituents is 1. The van der Waals surface area contributed by atoms with E-state index in [4.69, 9.17) is 4.74 Å². The highest BCUT2D eigenvalue weighted by Gasteiger charge is 2.22. The molecule has 8 nitrogen and oxygen atoms in total. The highest BCUT2D eigenvalue weighted by molar-refractivity contribution is 5.37. The van der Waals surface area contributed by atoms with E-state index in [9.17, 15) is 15.2 Å². The summed E-state index contributed by atoms with van der Waals surface area (Å²) in [5.74, 6) is 0.395. The Balaban J connectivity index is 1.42. The van der Waals surface area contributed by atoms with E-state index in [1.165, 1.54) is 12.1 Å². The minimum Gasteiger partial charge on any atom is -0.491 e. The number of hydrogen-bond acceptors (Lipinski definition) is 6. The van der Waals surface area contributed by atoms with Gasteiger partial charge < -0.3 is 19.3 Å². The van der Waals surface area contributed by atoms with Crippen LogP contribution in [0, 0.1) is 10.1 Å². The van der Waals surface area contributed by atoms with E-state index >= 15 is 0 Å². The number of aromatic nitrogens is 2. The minimum absolute atomic E-state index is 0.0198. The number of benzene rings is 1. The number of β-amino-alcohol motifs (C(OH)–C–C–N with tert-alkyl or cyclic N) is 1. The average Bonchev–Trinajstić information content (AvgIpc) is 3.15. The molecule has 1 aliphatic rings. The number of likely N-dealkylation sites (tertiary alicyclic amines) is 1. The maximum Gasteiger partial charge on any atom is 0.273 e. The summed E-state index contributed by atoms with van der Waals surface area (Å²) in [6, 6.07) is 6.46. The zero-order valence-corrected chi connectivity index (χ0v) is 13.9. The standard InChI is InChI=1S/C17H22N4O4/c22-16(12-25-17-3-1-2-15(10-17)21(23)24)11-19-7-4-14(5-8-19)20-9-6-18-13-20/h1-3,6,9-10,13-14,16,22H,4-5,7-8,11-12H2. The fourth-order valence-electron chi connectivity index (χ4n) is 3.12. The van der Waals surface area contributed by atoms with Crippen molar-refractivity contribution in [3.8, 4) is 5.75 Å². The number of piperidine rings is 1. The molecule has 8 heteroatoms. The van der Waals surface area contributed by atoms with E-state index in [1.807, 2.05) is 12.5 Å². The van der Waals surface area contributed by atoms with E-state index in [2.05, 4.69) is 14.5 Å². The van der Waals surface area contributed by atoms with Gasteiger partial charge in [0.15, 0.2) is 0 Å². The van der Waals surface area contributed by atoms with Crippen LogP contribution in [0.1, 0.15) is 18.9 Å². The van der Waals surface area contributed by atoms with Gasteiger partial charge in [-0.1, -0.05) is 6.07 Å². The normalized spacial score (nSPS) is 17.3. The first-order chi connectivity index (χ1) is 12.1. The Hall–Kier alpha value is -2.45. The lowest BCUT2D eigenvalue weighted by Crippen LogP contribution is -2.41. The summed E-state index contributed by atoms with van der Waals surface area (Å²) in [4.78, 5) is 16.6. The lowest BCUT2D eigenvalue weighted by molar-refractivity contribution is -0.384. The fourth-order valence-corrected chi connectivity index (χ4v) is 3.12. The quantitative estimate of drug-likeness (QED) is 0.608. The maximum absolute atomic E-state index is 10.8. The molecular weight excluding hydrogens is 324 g/mol. The summed E-state index contributed by atoms with van der Waals surface area (Å²) in [5, 5.41) is 20.9. The van der Waals surface area contributed by atoms with Crippen LogP contribution in [0.2, 0.25) is 0 Å². The van der Waals surface area contributed by atoms with Crippen LogP contribution >= 0.6 is 0 Å². The molecule has 1 saturated heterocycles. The van der Waals surface area contributed by atoms with Gasteiger partial charge in [0.1, 0.15) is 18.5 Å². The van der Waals surface area contributed by atoms with Crippen LogP contribution in [0.25, 0.3) is 0 Å². The van der Waals surface area contributed by atoms with Gasteiger partial charge in [0.25, 0.3) is 5.69 Å². The van der Waals surface area contributed by atoms with Crippen molar-refractivity contribution in [2.45, 2.75) is 25.0 Å². The Kier molecular flexibility index (Phi) is 5.62. The zero-order valence-electron chi connectivity index (χ0n) is 13.9. The van der Waals surface area contributed by atoms with Gasteiger partial charge in [-0.25, -0.2) is 4.98 Å². The number of hydrogen-bond donors (Lipinski definition) is 1. The second kappa shape index (κ2) is 8.09. The highest BCUT2D eigenvalue weighted by Crippen LogP contribution is 2.22. The molecule has 0 saturated carbocycles. The van der Waals surface area contributed by atoms with E-state index in [0.717, 1.165) is 25.9 Å². The zero-order chi connectivity index (χ0) is 17.6. The van der Waals surface area contributed by atoms with Crippen LogP contribution in [-0.4, -0.2) is 56.8 Å². The van der Waals surface area contributed by atoms with Gasteiger partial charge in [0.2, 0.25) is 0 Å². The molecule has 25 heavy (non-hydrogen) atoms. The average molecular weight is 346 g/mol. The molecule has 3 rings (SSSR count). The lowest BCUT2D eigenvalue weighted by Gasteiger charge is -2.33. The molecule has 2 heterocycles. The Labute approximate surface area is 145 Å². The van der Waals surface area contributed by atoms with Crippen LogP contribution < -0.4 is 4.74 Å². The number of rotatable bonds is 7. The van der Waals surface area contributed by atoms with Crippen LogP contribution in [0.5, 0.6) is 5.75 Å². The molecule has 0 aliphatic carbocycles. The van der Waals surface area contributed by atoms with E-state index in [-0.39, 0.29) is 12.3 Å². The molecule has 0 amide bonds. The third-order valence-electron chi connectivity index (χ3n) is 4.44. The number of aliphatic hydroxyl groups excluding tert-OH is 1. The summed E-state index contributed by atoms with van der Waals surface area (Å²) in [6.07, 6.45) is 7.04. The molecule has 1 aromatic heterocycles. The number of imidazole rings is 1. The molecule has 1 aliphatic heterocycles. The first-order valence-electron chi connectivity index (χ1n) is 8.37. The molecular formula is C17H22N4O4. The van der Waals surface area contributed by atoms with Crippen molar-refractivity contribution in [1.29, 1.82) is 0 Å². The smallest absolute Gasteiger partial charge is 0.273 e. The number of nitro groups is 1. The number of non-ortho nitro benzene ring substituents is 1. The second-order valence-electron chi connectivity index (χ2n) is 6.26. The summed E-state index contributed by atoms with van der Waals surface area (Å²) in [5.41, 5.74) is -0.0198. The number of nitrogens with zero attached hydrogens (tertiary/aromatic N) is 4. The second-order valence-corrected chi connectivity index (χ2v) is 6.26. The first-order valence-corrected chi connectivity index (χ1v) is 8.37. The van der Waals surface area contributed by atoms with Gasteiger partial charge in [-0.15, -0.1) is 0 Å². The molecule has 2 aromatic rings. The SMILES string of the molecule is O=[N+]([O-])c1cccc(OCC(O)CN2CCC(n3ccnc3)CC2)c1. The third-order valence-corrected chi connectivity index (χ3v) is 4.44. The topological polar surface area (TPSA) is 93.7 Å². The van der Waals surface area contributed by atoms with Crippen molar-refractivity contribution in [3.63, 3.8) is 0 Å². The van der Waals surface area contributed by atoms with Crippen molar-refractivity contribution in [2.24, 2.45) is 0 Å². The number of ether oxygens (including phenoxy) is 1. The maximum atomic E-state index is 10.8. The largest absolute Gasteiger partial charge is 0.491 e. The van der Waals surface area contributed by atoms with Crippen molar-refractivity contribution in [3.05, 3.63) is 53.1 Å².